The van der Waals surface area contributed by atoms with Crippen molar-refractivity contribution in [3.63, 3.8) is 0 Å². The molecule has 0 aliphatic carbocycles. The lowest BCUT2D eigenvalue weighted by atomic mass is 9.89. The van der Waals surface area contributed by atoms with Gasteiger partial charge in [-0.05, 0) is 45.6 Å². The van der Waals surface area contributed by atoms with Gasteiger partial charge in [-0.1, -0.05) is 31.7 Å². The van der Waals surface area contributed by atoms with Crippen LogP contribution in [0.4, 0.5) is 0 Å². The number of piperidine rings is 1. The molecule has 1 fully saturated rings. The van der Waals surface area contributed by atoms with Crippen LogP contribution in [0.15, 0.2) is 24.3 Å². The van der Waals surface area contributed by atoms with Crippen molar-refractivity contribution in [3.8, 4) is 0 Å². The van der Waals surface area contributed by atoms with Gasteiger partial charge < -0.3 is 10.2 Å². The molecule has 3 nitrogen and oxygen atoms in total. The summed E-state index contributed by atoms with van der Waals surface area (Å²) >= 11 is 0. The van der Waals surface area contributed by atoms with E-state index in [0.717, 1.165) is 38.0 Å². The normalized spacial score (nSPS) is 16.2. The number of ketones is 1. The van der Waals surface area contributed by atoms with Crippen LogP contribution >= 0.6 is 0 Å². The Morgan fingerprint density at radius 1 is 1.21 bits per heavy atom. The molecule has 0 atom stereocenters. The Balaban J connectivity index is 0.00000180. The first-order valence-electron chi connectivity index (χ1n) is 6.65. The summed E-state index contributed by atoms with van der Waals surface area (Å²) in [6.07, 6.45) is 1.94. The fourth-order valence-electron chi connectivity index (χ4n) is 2.46. The second-order valence-corrected chi connectivity index (χ2v) is 5.32. The van der Waals surface area contributed by atoms with Gasteiger partial charge in [0, 0.05) is 18.0 Å². The minimum absolute atomic E-state index is 0. The van der Waals surface area contributed by atoms with Crippen LogP contribution in [-0.4, -0.2) is 37.9 Å². The van der Waals surface area contributed by atoms with Crippen LogP contribution in [0.2, 0.25) is 0 Å². The average Bonchev–Trinajstić information content (AvgIpc) is 2.39. The Bertz CT molecular complexity index is 392. The molecule has 0 radical (unpaired) electrons. The lowest BCUT2D eigenvalue weighted by molar-refractivity contribution is 0.0895. The molecule has 1 aliphatic heterocycles. The molecule has 1 aromatic carbocycles. The first-order valence-corrected chi connectivity index (χ1v) is 6.65. The molecule has 0 saturated carbocycles. The summed E-state index contributed by atoms with van der Waals surface area (Å²) in [5.74, 6) is 0.527. The molecule has 2 rings (SSSR count). The predicted octanol–water partition coefficient (Wildman–Crippen LogP) is 2.57. The quantitative estimate of drug-likeness (QED) is 0.846. The van der Waals surface area contributed by atoms with E-state index in [4.69, 9.17) is 0 Å². The van der Waals surface area contributed by atoms with Gasteiger partial charge in [0.25, 0.3) is 0 Å². The maximum Gasteiger partial charge on any atom is 0.166 e. The molecule has 1 aromatic rings. The van der Waals surface area contributed by atoms with Crippen LogP contribution in [0.3, 0.4) is 0 Å². The van der Waals surface area contributed by atoms with Crippen molar-refractivity contribution in [3.05, 3.63) is 35.4 Å². The van der Waals surface area contributed by atoms with Crippen LogP contribution in [-0.2, 0) is 6.54 Å². The van der Waals surface area contributed by atoms with Crippen LogP contribution in [0.25, 0.3) is 0 Å². The molecule has 0 aromatic heterocycles. The van der Waals surface area contributed by atoms with Crippen molar-refractivity contribution in [1.29, 1.82) is 0 Å². The minimum Gasteiger partial charge on any atom is -0.317 e. The Morgan fingerprint density at radius 2 is 1.79 bits per heavy atom. The van der Waals surface area contributed by atoms with Crippen molar-refractivity contribution >= 4 is 5.78 Å². The average molecular weight is 262 g/mol. The van der Waals surface area contributed by atoms with E-state index < -0.39 is 0 Å². The molecule has 0 amide bonds. The molecule has 0 spiro atoms. The van der Waals surface area contributed by atoms with E-state index in [1.807, 2.05) is 26.2 Å². The lowest BCUT2D eigenvalue weighted by Crippen LogP contribution is -2.31. The van der Waals surface area contributed by atoms with Crippen molar-refractivity contribution in [2.75, 3.05) is 27.2 Å². The number of nitrogens with one attached hydrogen (secondary N) is 1. The SMILES string of the molecule is C.CN(C)Cc1ccc(C(=O)C2CCNCC2)cc1. The fraction of sp³-hybridized carbons (Fsp3) is 0.562. The smallest absolute Gasteiger partial charge is 0.166 e. The zero-order valence-electron chi connectivity index (χ0n) is 11.3. The summed E-state index contributed by atoms with van der Waals surface area (Å²) in [5, 5.41) is 3.29. The number of benzene rings is 1. The van der Waals surface area contributed by atoms with E-state index in [2.05, 4.69) is 22.3 Å². The number of Topliss-reactive ketones (excluding diaryl/α,β-unsaturated/α-hetero) is 1. The van der Waals surface area contributed by atoms with E-state index >= 15 is 0 Å². The second-order valence-electron chi connectivity index (χ2n) is 5.32. The first-order chi connectivity index (χ1) is 8.66. The zero-order chi connectivity index (χ0) is 13.0. The Morgan fingerprint density at radius 3 is 2.32 bits per heavy atom. The number of rotatable bonds is 4. The lowest BCUT2D eigenvalue weighted by Gasteiger charge is -2.21. The number of carbonyl (C=O) groups excluding carboxylic acids is 1. The molecule has 0 bridgehead atoms. The van der Waals surface area contributed by atoms with Crippen LogP contribution in [0.5, 0.6) is 0 Å². The highest BCUT2D eigenvalue weighted by Gasteiger charge is 2.21. The summed E-state index contributed by atoms with van der Waals surface area (Å²) in [6, 6.07) is 8.08. The Kier molecular flexibility index (Phi) is 6.19. The molecule has 1 saturated heterocycles. The third kappa shape index (κ3) is 4.44. The summed E-state index contributed by atoms with van der Waals surface area (Å²) < 4.78 is 0. The molecule has 1 heterocycles. The van der Waals surface area contributed by atoms with E-state index in [-0.39, 0.29) is 13.3 Å². The monoisotopic (exact) mass is 262 g/mol. The maximum atomic E-state index is 12.3. The van der Waals surface area contributed by atoms with Crippen molar-refractivity contribution in [2.45, 2.75) is 26.8 Å². The van der Waals surface area contributed by atoms with Gasteiger partial charge in [0.05, 0.1) is 0 Å². The highest BCUT2D eigenvalue weighted by molar-refractivity contribution is 5.97. The van der Waals surface area contributed by atoms with Gasteiger partial charge in [-0.25, -0.2) is 0 Å². The molecule has 106 valence electrons. The highest BCUT2D eigenvalue weighted by Crippen LogP contribution is 2.18. The van der Waals surface area contributed by atoms with Crippen LogP contribution < -0.4 is 5.32 Å². The minimum atomic E-state index is 0. The van der Waals surface area contributed by atoms with Crippen molar-refractivity contribution in [1.82, 2.24) is 10.2 Å². The van der Waals surface area contributed by atoms with Gasteiger partial charge in [0.2, 0.25) is 0 Å². The maximum absolute atomic E-state index is 12.3. The van der Waals surface area contributed by atoms with Gasteiger partial charge in [0.1, 0.15) is 0 Å². The third-order valence-electron chi connectivity index (χ3n) is 3.45. The van der Waals surface area contributed by atoms with Crippen LogP contribution in [0.1, 0.15) is 36.2 Å². The molecule has 3 heteroatoms. The Labute approximate surface area is 117 Å². The van der Waals surface area contributed by atoms with E-state index in [0.29, 0.717) is 5.78 Å². The molecule has 1 aliphatic rings. The van der Waals surface area contributed by atoms with Crippen molar-refractivity contribution < 1.29 is 4.79 Å². The van der Waals surface area contributed by atoms with Crippen LogP contribution in [0, 0.1) is 5.92 Å². The third-order valence-corrected chi connectivity index (χ3v) is 3.45. The topological polar surface area (TPSA) is 32.3 Å². The summed E-state index contributed by atoms with van der Waals surface area (Å²) in [5.41, 5.74) is 2.12. The van der Waals surface area contributed by atoms with Gasteiger partial charge in [-0.3, -0.25) is 4.79 Å². The van der Waals surface area contributed by atoms with E-state index in [1.165, 1.54) is 5.56 Å². The molecule has 0 unspecified atom stereocenters. The number of hydrogen-bond donors (Lipinski definition) is 1. The predicted molar refractivity (Wildman–Crippen MR) is 80.5 cm³/mol. The van der Waals surface area contributed by atoms with E-state index in [9.17, 15) is 4.79 Å². The first kappa shape index (κ1) is 15.9. The number of hydrogen-bond acceptors (Lipinski definition) is 3. The standard InChI is InChI=1S/C15H22N2O.CH4/c1-17(2)11-12-3-5-13(6-4-12)15(18)14-7-9-16-10-8-14;/h3-6,14,16H,7-11H2,1-2H3;1H4. The summed E-state index contributed by atoms with van der Waals surface area (Å²) in [6.45, 7) is 2.85. The van der Waals surface area contributed by atoms with Gasteiger partial charge in [-0.15, -0.1) is 0 Å². The number of nitrogens with zero attached hydrogens (tertiary/aromatic N) is 1. The van der Waals surface area contributed by atoms with Gasteiger partial charge in [0.15, 0.2) is 5.78 Å². The van der Waals surface area contributed by atoms with Gasteiger partial charge >= 0.3 is 0 Å². The largest absolute Gasteiger partial charge is 0.317 e. The van der Waals surface area contributed by atoms with Crippen molar-refractivity contribution in [2.24, 2.45) is 5.92 Å². The molecule has 1 N–H and O–H groups in total. The summed E-state index contributed by atoms with van der Waals surface area (Å²) in [7, 11) is 4.10. The number of carbonyl (C=O) groups is 1. The highest BCUT2D eigenvalue weighted by atomic mass is 16.1. The van der Waals surface area contributed by atoms with E-state index in [1.54, 1.807) is 0 Å². The zero-order valence-corrected chi connectivity index (χ0v) is 11.3. The summed E-state index contributed by atoms with van der Waals surface area (Å²) in [4.78, 5) is 14.4. The second kappa shape index (κ2) is 7.41. The fourth-order valence-corrected chi connectivity index (χ4v) is 2.46. The Hall–Kier alpha value is -1.19. The molecular weight excluding hydrogens is 236 g/mol. The molecular formula is C16H26N2O. The van der Waals surface area contributed by atoms with Gasteiger partial charge in [-0.2, -0.15) is 0 Å². The molecule has 19 heavy (non-hydrogen) atoms.